The fraction of sp³-hybridized carbons (Fsp3) is 0.588. The van der Waals surface area contributed by atoms with Gasteiger partial charge in [0.05, 0.1) is 12.1 Å². The van der Waals surface area contributed by atoms with Crippen LogP contribution in [0.1, 0.15) is 25.3 Å². The average molecular weight is 343 g/mol. The van der Waals surface area contributed by atoms with E-state index in [1.54, 1.807) is 0 Å². The minimum atomic E-state index is -4.38. The van der Waals surface area contributed by atoms with Gasteiger partial charge in [-0.25, -0.2) is 0 Å². The summed E-state index contributed by atoms with van der Waals surface area (Å²) in [4.78, 5) is 14.1. The minimum Gasteiger partial charge on any atom is -0.376 e. The van der Waals surface area contributed by atoms with E-state index < -0.39 is 11.7 Å². The van der Waals surface area contributed by atoms with Crippen molar-refractivity contribution >= 4 is 11.6 Å². The van der Waals surface area contributed by atoms with Crippen LogP contribution in [0, 0.1) is 5.92 Å². The largest absolute Gasteiger partial charge is 0.416 e. The molecule has 4 nitrogen and oxygen atoms in total. The van der Waals surface area contributed by atoms with Gasteiger partial charge in [-0.3, -0.25) is 4.79 Å². The molecule has 2 rings (SSSR count). The minimum absolute atomic E-state index is 0.0433. The van der Waals surface area contributed by atoms with Gasteiger partial charge in [0.25, 0.3) is 0 Å². The van der Waals surface area contributed by atoms with Gasteiger partial charge in [-0.2, -0.15) is 13.2 Å². The Balaban J connectivity index is 1.68. The van der Waals surface area contributed by atoms with E-state index in [2.05, 4.69) is 22.5 Å². The lowest BCUT2D eigenvalue weighted by atomic mass is 9.99. The van der Waals surface area contributed by atoms with Crippen molar-refractivity contribution in [2.45, 2.75) is 25.9 Å². The first kappa shape index (κ1) is 18.6. The number of alkyl halides is 3. The van der Waals surface area contributed by atoms with Gasteiger partial charge in [0, 0.05) is 18.8 Å². The molecule has 1 aromatic rings. The molecule has 134 valence electrons. The first-order valence-electron chi connectivity index (χ1n) is 8.25. The van der Waals surface area contributed by atoms with Crippen molar-refractivity contribution in [3.8, 4) is 0 Å². The van der Waals surface area contributed by atoms with E-state index in [0.29, 0.717) is 6.54 Å². The zero-order chi connectivity index (χ0) is 17.6. The number of nitrogens with one attached hydrogen (secondary N) is 2. The van der Waals surface area contributed by atoms with Crippen molar-refractivity contribution in [1.29, 1.82) is 0 Å². The molecule has 1 heterocycles. The monoisotopic (exact) mass is 343 g/mol. The third-order valence-electron chi connectivity index (χ3n) is 4.27. The van der Waals surface area contributed by atoms with Gasteiger partial charge < -0.3 is 15.5 Å². The predicted molar refractivity (Wildman–Crippen MR) is 87.8 cm³/mol. The summed E-state index contributed by atoms with van der Waals surface area (Å²) in [6.07, 6.45) is -2.01. The van der Waals surface area contributed by atoms with Crippen LogP contribution < -0.4 is 10.6 Å². The van der Waals surface area contributed by atoms with E-state index in [4.69, 9.17) is 0 Å². The van der Waals surface area contributed by atoms with Crippen molar-refractivity contribution in [1.82, 2.24) is 10.2 Å². The number of anilines is 1. The number of hydrogen-bond acceptors (Lipinski definition) is 3. The summed E-state index contributed by atoms with van der Waals surface area (Å²) >= 11 is 0. The van der Waals surface area contributed by atoms with Crippen LogP contribution in [0.25, 0.3) is 0 Å². The molecule has 0 unspecified atom stereocenters. The SMILES string of the molecule is CC1CCN(CCNC(=O)CNc2cccc(C(F)(F)F)c2)CC1. The van der Waals surface area contributed by atoms with E-state index in [-0.39, 0.29) is 18.1 Å². The second-order valence-electron chi connectivity index (χ2n) is 6.31. The smallest absolute Gasteiger partial charge is 0.376 e. The average Bonchev–Trinajstić information content (AvgIpc) is 2.54. The summed E-state index contributed by atoms with van der Waals surface area (Å²) in [5.74, 6) is 0.547. The van der Waals surface area contributed by atoms with Crippen molar-refractivity contribution in [3.63, 3.8) is 0 Å². The van der Waals surface area contributed by atoms with Crippen LogP contribution in [0.5, 0.6) is 0 Å². The number of amides is 1. The highest BCUT2D eigenvalue weighted by atomic mass is 19.4. The molecule has 1 amide bonds. The van der Waals surface area contributed by atoms with E-state index in [1.807, 2.05) is 0 Å². The van der Waals surface area contributed by atoms with Crippen LogP contribution in [0.3, 0.4) is 0 Å². The quantitative estimate of drug-likeness (QED) is 0.835. The summed E-state index contributed by atoms with van der Waals surface area (Å²) in [5.41, 5.74) is -0.447. The highest BCUT2D eigenvalue weighted by Crippen LogP contribution is 2.30. The Morgan fingerprint density at radius 2 is 2.00 bits per heavy atom. The summed E-state index contributed by atoms with van der Waals surface area (Å²) in [7, 11) is 0. The van der Waals surface area contributed by atoms with Crippen LogP contribution in [0.15, 0.2) is 24.3 Å². The first-order chi connectivity index (χ1) is 11.3. The Kier molecular flexibility index (Phi) is 6.48. The van der Waals surface area contributed by atoms with Crippen LogP contribution in [0.2, 0.25) is 0 Å². The van der Waals surface area contributed by atoms with Gasteiger partial charge in [0.2, 0.25) is 5.91 Å². The van der Waals surface area contributed by atoms with Crippen LogP contribution in [-0.4, -0.2) is 43.5 Å². The number of likely N-dealkylation sites (tertiary alicyclic amines) is 1. The molecule has 1 fully saturated rings. The van der Waals surface area contributed by atoms with Crippen molar-refractivity contribution in [2.75, 3.05) is 38.0 Å². The van der Waals surface area contributed by atoms with E-state index in [9.17, 15) is 18.0 Å². The fourth-order valence-corrected chi connectivity index (χ4v) is 2.69. The molecule has 7 heteroatoms. The van der Waals surface area contributed by atoms with Crippen LogP contribution >= 0.6 is 0 Å². The molecular weight excluding hydrogens is 319 g/mol. The van der Waals surface area contributed by atoms with Gasteiger partial charge in [-0.05, 0) is 50.0 Å². The Labute approximate surface area is 140 Å². The topological polar surface area (TPSA) is 44.4 Å². The Bertz CT molecular complexity index is 540. The number of rotatable bonds is 6. The molecule has 2 N–H and O–H groups in total. The fourth-order valence-electron chi connectivity index (χ4n) is 2.69. The number of halogens is 3. The van der Waals surface area contributed by atoms with Crippen molar-refractivity contribution in [3.05, 3.63) is 29.8 Å². The number of nitrogens with zero attached hydrogens (tertiary/aromatic N) is 1. The van der Waals surface area contributed by atoms with Crippen LogP contribution in [-0.2, 0) is 11.0 Å². The van der Waals surface area contributed by atoms with Crippen LogP contribution in [0.4, 0.5) is 18.9 Å². The van der Waals surface area contributed by atoms with Gasteiger partial charge in [0.15, 0.2) is 0 Å². The lowest BCUT2D eigenvalue weighted by molar-refractivity contribution is -0.137. The number of benzene rings is 1. The number of carbonyl (C=O) groups excluding carboxylic acids is 1. The molecule has 0 radical (unpaired) electrons. The highest BCUT2D eigenvalue weighted by Gasteiger charge is 2.30. The Hall–Kier alpha value is -1.76. The maximum atomic E-state index is 12.6. The lowest BCUT2D eigenvalue weighted by Gasteiger charge is -2.30. The highest BCUT2D eigenvalue weighted by molar-refractivity contribution is 5.80. The number of carbonyl (C=O) groups is 1. The Morgan fingerprint density at radius 1 is 1.29 bits per heavy atom. The summed E-state index contributed by atoms with van der Waals surface area (Å²) in [6.45, 7) is 5.68. The second kappa shape index (κ2) is 8.37. The van der Waals surface area contributed by atoms with Crippen molar-refractivity contribution in [2.24, 2.45) is 5.92 Å². The molecule has 0 aromatic heterocycles. The molecule has 0 aliphatic carbocycles. The molecule has 0 atom stereocenters. The molecule has 24 heavy (non-hydrogen) atoms. The first-order valence-corrected chi connectivity index (χ1v) is 8.25. The molecule has 1 aliphatic heterocycles. The zero-order valence-electron chi connectivity index (χ0n) is 13.8. The summed E-state index contributed by atoms with van der Waals surface area (Å²) < 4.78 is 37.9. The van der Waals surface area contributed by atoms with Gasteiger partial charge in [0.1, 0.15) is 0 Å². The molecule has 0 bridgehead atoms. The summed E-state index contributed by atoms with van der Waals surface area (Å²) in [5, 5.41) is 5.52. The maximum absolute atomic E-state index is 12.6. The molecule has 0 spiro atoms. The molecule has 0 saturated carbocycles. The number of hydrogen-bond donors (Lipinski definition) is 2. The lowest BCUT2D eigenvalue weighted by Crippen LogP contribution is -2.40. The van der Waals surface area contributed by atoms with Gasteiger partial charge >= 0.3 is 6.18 Å². The number of piperidine rings is 1. The zero-order valence-corrected chi connectivity index (χ0v) is 13.8. The molecule has 1 aliphatic rings. The van der Waals surface area contributed by atoms with E-state index in [0.717, 1.165) is 37.7 Å². The van der Waals surface area contributed by atoms with Gasteiger partial charge in [-0.1, -0.05) is 13.0 Å². The molecular formula is C17H24F3N3O. The Morgan fingerprint density at radius 3 is 2.67 bits per heavy atom. The van der Waals surface area contributed by atoms with Crippen molar-refractivity contribution < 1.29 is 18.0 Å². The normalized spacial score (nSPS) is 16.8. The maximum Gasteiger partial charge on any atom is 0.416 e. The third kappa shape index (κ3) is 6.03. The summed E-state index contributed by atoms with van der Waals surface area (Å²) in [6, 6.07) is 4.84. The second-order valence-corrected chi connectivity index (χ2v) is 6.31. The molecule has 1 aromatic carbocycles. The van der Waals surface area contributed by atoms with Gasteiger partial charge in [-0.15, -0.1) is 0 Å². The van der Waals surface area contributed by atoms with E-state index in [1.165, 1.54) is 25.0 Å². The predicted octanol–water partition coefficient (Wildman–Crippen LogP) is 2.97. The standard InChI is InChI=1S/C17H24F3N3O/c1-13-5-8-23(9-6-13)10-7-21-16(24)12-22-15-4-2-3-14(11-15)17(18,19)20/h2-4,11,13,22H,5-10,12H2,1H3,(H,21,24). The molecule has 1 saturated heterocycles. The van der Waals surface area contributed by atoms with E-state index >= 15 is 0 Å². The third-order valence-corrected chi connectivity index (χ3v) is 4.27.